The van der Waals surface area contributed by atoms with Crippen molar-refractivity contribution in [2.75, 3.05) is 39.3 Å². The van der Waals surface area contributed by atoms with Gasteiger partial charge < -0.3 is 10.5 Å². The Balaban J connectivity index is 1.39. The minimum Gasteiger partial charge on any atom is -0.492 e. The van der Waals surface area contributed by atoms with E-state index in [1.807, 2.05) is 12.1 Å². The number of rotatable bonds is 8. The molecule has 0 aromatic heterocycles. The molecule has 180 valence electrons. The van der Waals surface area contributed by atoms with Crippen molar-refractivity contribution >= 4 is 9.84 Å². The Hall–Kier alpha value is -1.93. The Kier molecular flexibility index (Phi) is 8.07. The Morgan fingerprint density at radius 2 is 1.67 bits per heavy atom. The van der Waals surface area contributed by atoms with Crippen molar-refractivity contribution in [3.63, 3.8) is 0 Å². The van der Waals surface area contributed by atoms with Gasteiger partial charge in [0.05, 0.1) is 9.79 Å². The SMILES string of the molecule is C[C@@H](c1ccc(S(=O)(=O)c2cccc(OCCN)c2)cc1)N1CCN(C2CCCCC2)CC1. The molecular formula is C26H37N3O3S. The normalized spacial score (nSPS) is 19.9. The van der Waals surface area contributed by atoms with Crippen LogP contribution in [0, 0.1) is 0 Å². The number of piperazine rings is 1. The molecular weight excluding hydrogens is 434 g/mol. The summed E-state index contributed by atoms with van der Waals surface area (Å²) in [6, 6.07) is 15.0. The molecule has 1 aliphatic carbocycles. The van der Waals surface area contributed by atoms with Crippen molar-refractivity contribution in [1.29, 1.82) is 0 Å². The quantitative estimate of drug-likeness (QED) is 0.630. The predicted molar refractivity (Wildman–Crippen MR) is 131 cm³/mol. The average molecular weight is 472 g/mol. The van der Waals surface area contributed by atoms with E-state index in [0.29, 0.717) is 23.8 Å². The molecule has 2 aromatic rings. The molecule has 0 spiro atoms. The monoisotopic (exact) mass is 471 g/mol. The van der Waals surface area contributed by atoms with E-state index in [4.69, 9.17) is 10.5 Å². The molecule has 0 radical (unpaired) electrons. The molecule has 7 heteroatoms. The lowest BCUT2D eigenvalue weighted by Crippen LogP contribution is -2.51. The van der Waals surface area contributed by atoms with E-state index < -0.39 is 9.84 Å². The third-order valence-electron chi connectivity index (χ3n) is 7.16. The van der Waals surface area contributed by atoms with Crippen molar-refractivity contribution in [2.45, 2.75) is 60.9 Å². The lowest BCUT2D eigenvalue weighted by molar-refractivity contribution is 0.0602. The van der Waals surface area contributed by atoms with Crippen LogP contribution < -0.4 is 10.5 Å². The third kappa shape index (κ3) is 5.77. The first-order valence-corrected chi connectivity index (χ1v) is 13.7. The summed E-state index contributed by atoms with van der Waals surface area (Å²) >= 11 is 0. The minimum atomic E-state index is -3.61. The predicted octanol–water partition coefficient (Wildman–Crippen LogP) is 3.87. The highest BCUT2D eigenvalue weighted by molar-refractivity contribution is 7.91. The highest BCUT2D eigenvalue weighted by Crippen LogP contribution is 2.29. The maximum atomic E-state index is 13.1. The highest BCUT2D eigenvalue weighted by atomic mass is 32.2. The van der Waals surface area contributed by atoms with Crippen LogP contribution in [0.15, 0.2) is 58.3 Å². The molecule has 2 N–H and O–H groups in total. The molecule has 1 heterocycles. The molecule has 33 heavy (non-hydrogen) atoms. The summed E-state index contributed by atoms with van der Waals surface area (Å²) < 4.78 is 31.8. The first kappa shape index (κ1) is 24.2. The molecule has 1 saturated carbocycles. The molecule has 2 aliphatic rings. The molecule has 6 nitrogen and oxygen atoms in total. The molecule has 4 rings (SSSR count). The van der Waals surface area contributed by atoms with Gasteiger partial charge in [-0.1, -0.05) is 37.5 Å². The van der Waals surface area contributed by atoms with E-state index in [1.165, 1.54) is 32.1 Å². The second-order valence-electron chi connectivity index (χ2n) is 9.22. The van der Waals surface area contributed by atoms with Gasteiger partial charge in [-0.2, -0.15) is 0 Å². The Morgan fingerprint density at radius 1 is 0.970 bits per heavy atom. The van der Waals surface area contributed by atoms with Gasteiger partial charge in [-0.3, -0.25) is 9.80 Å². The zero-order valence-corrected chi connectivity index (χ0v) is 20.5. The number of hydrogen-bond acceptors (Lipinski definition) is 6. The average Bonchev–Trinajstić information content (AvgIpc) is 2.88. The fourth-order valence-electron chi connectivity index (χ4n) is 5.12. The summed E-state index contributed by atoms with van der Waals surface area (Å²) in [6.45, 7) is 7.34. The van der Waals surface area contributed by atoms with Crippen LogP contribution in [0.5, 0.6) is 5.75 Å². The van der Waals surface area contributed by atoms with E-state index in [0.717, 1.165) is 37.8 Å². The van der Waals surface area contributed by atoms with Crippen LogP contribution in [0.4, 0.5) is 0 Å². The Bertz CT molecular complexity index is 996. The van der Waals surface area contributed by atoms with Gasteiger partial charge in [0.1, 0.15) is 12.4 Å². The first-order chi connectivity index (χ1) is 16.0. The van der Waals surface area contributed by atoms with Crippen LogP contribution in [0.3, 0.4) is 0 Å². The van der Waals surface area contributed by atoms with E-state index in [9.17, 15) is 8.42 Å². The van der Waals surface area contributed by atoms with Crippen molar-refractivity contribution in [2.24, 2.45) is 5.73 Å². The highest BCUT2D eigenvalue weighted by Gasteiger charge is 2.27. The van der Waals surface area contributed by atoms with Crippen LogP contribution in [-0.2, 0) is 9.84 Å². The van der Waals surface area contributed by atoms with Crippen LogP contribution >= 0.6 is 0 Å². The molecule has 1 aliphatic heterocycles. The van der Waals surface area contributed by atoms with Crippen molar-refractivity contribution < 1.29 is 13.2 Å². The van der Waals surface area contributed by atoms with Gasteiger partial charge in [0.2, 0.25) is 9.84 Å². The molecule has 1 atom stereocenters. The van der Waals surface area contributed by atoms with E-state index >= 15 is 0 Å². The van der Waals surface area contributed by atoms with Gasteiger partial charge in [0.15, 0.2) is 0 Å². The third-order valence-corrected chi connectivity index (χ3v) is 8.93. The van der Waals surface area contributed by atoms with Crippen LogP contribution in [0.1, 0.15) is 50.6 Å². The zero-order chi connectivity index (χ0) is 23.3. The smallest absolute Gasteiger partial charge is 0.206 e. The molecule has 2 aromatic carbocycles. The van der Waals surface area contributed by atoms with E-state index in [2.05, 4.69) is 16.7 Å². The Morgan fingerprint density at radius 3 is 2.33 bits per heavy atom. The first-order valence-electron chi connectivity index (χ1n) is 12.2. The number of benzene rings is 2. The fraction of sp³-hybridized carbons (Fsp3) is 0.538. The minimum absolute atomic E-state index is 0.233. The van der Waals surface area contributed by atoms with Gasteiger partial charge in [0, 0.05) is 44.8 Å². The van der Waals surface area contributed by atoms with Crippen molar-refractivity contribution in [3.05, 3.63) is 54.1 Å². The van der Waals surface area contributed by atoms with Gasteiger partial charge in [0.25, 0.3) is 0 Å². The molecule has 1 saturated heterocycles. The summed E-state index contributed by atoms with van der Waals surface area (Å²) in [5, 5.41) is 0. The van der Waals surface area contributed by atoms with Gasteiger partial charge in [-0.15, -0.1) is 0 Å². The zero-order valence-electron chi connectivity index (χ0n) is 19.7. The summed E-state index contributed by atoms with van der Waals surface area (Å²) in [5.41, 5.74) is 6.63. The number of sulfone groups is 1. The summed E-state index contributed by atoms with van der Waals surface area (Å²) in [5.74, 6) is 0.513. The molecule has 0 amide bonds. The molecule has 0 bridgehead atoms. The molecule has 0 unspecified atom stereocenters. The Labute approximate surface area is 198 Å². The largest absolute Gasteiger partial charge is 0.492 e. The van der Waals surface area contributed by atoms with E-state index in [-0.39, 0.29) is 10.9 Å². The second kappa shape index (κ2) is 11.0. The van der Waals surface area contributed by atoms with Crippen LogP contribution in [-0.4, -0.2) is 63.6 Å². The fourth-order valence-corrected chi connectivity index (χ4v) is 6.41. The number of nitrogens with zero attached hydrogens (tertiary/aromatic N) is 2. The van der Waals surface area contributed by atoms with Gasteiger partial charge in [-0.05, 0) is 55.7 Å². The lowest BCUT2D eigenvalue weighted by Gasteiger charge is -2.42. The van der Waals surface area contributed by atoms with E-state index in [1.54, 1.807) is 36.4 Å². The maximum absolute atomic E-state index is 13.1. The van der Waals surface area contributed by atoms with Crippen molar-refractivity contribution in [1.82, 2.24) is 9.80 Å². The maximum Gasteiger partial charge on any atom is 0.206 e. The summed E-state index contributed by atoms with van der Waals surface area (Å²) in [6.07, 6.45) is 6.86. The van der Waals surface area contributed by atoms with Gasteiger partial charge >= 0.3 is 0 Å². The molecule has 2 fully saturated rings. The summed E-state index contributed by atoms with van der Waals surface area (Å²) in [4.78, 5) is 5.73. The second-order valence-corrected chi connectivity index (χ2v) is 11.2. The van der Waals surface area contributed by atoms with Gasteiger partial charge in [-0.25, -0.2) is 8.42 Å². The van der Waals surface area contributed by atoms with Crippen molar-refractivity contribution in [3.8, 4) is 5.75 Å². The number of nitrogens with two attached hydrogens (primary N) is 1. The summed E-state index contributed by atoms with van der Waals surface area (Å²) in [7, 11) is -3.61. The topological polar surface area (TPSA) is 75.9 Å². The standard InChI is InChI=1S/C26H37N3O3S/c1-21(28-15-17-29(18-16-28)23-6-3-2-4-7-23)22-10-12-25(13-11-22)33(30,31)26-9-5-8-24(20-26)32-19-14-27/h5,8-13,20-21,23H,2-4,6-7,14-19,27H2,1H3/t21-/m0/s1. The van der Waals surface area contributed by atoms with Crippen LogP contribution in [0.2, 0.25) is 0 Å². The van der Waals surface area contributed by atoms with Crippen LogP contribution in [0.25, 0.3) is 0 Å². The number of hydrogen-bond donors (Lipinski definition) is 1. The lowest BCUT2D eigenvalue weighted by atomic mass is 9.93. The number of ether oxygens (including phenoxy) is 1.